The van der Waals surface area contributed by atoms with Gasteiger partial charge in [-0.05, 0) is 19.4 Å². The van der Waals surface area contributed by atoms with Crippen LogP contribution in [0, 0.1) is 0 Å². The number of nitrogen functional groups attached to an aromatic ring is 1. The fraction of sp³-hybridized carbons (Fsp3) is 0.417. The molecule has 0 amide bonds. The van der Waals surface area contributed by atoms with Gasteiger partial charge in [-0.25, -0.2) is 4.98 Å². The third-order valence-corrected chi connectivity index (χ3v) is 3.34. The van der Waals surface area contributed by atoms with Gasteiger partial charge in [-0.2, -0.15) is 4.98 Å². The lowest BCUT2D eigenvalue weighted by atomic mass is 10.4. The first-order chi connectivity index (χ1) is 11.6. The average Bonchev–Trinajstić information content (AvgIpc) is 2.85. The van der Waals surface area contributed by atoms with Gasteiger partial charge in [0.1, 0.15) is 5.82 Å². The molecule has 0 saturated carbocycles. The number of anilines is 3. The van der Waals surface area contributed by atoms with Crippen LogP contribution in [-0.2, 0) is 0 Å². The van der Waals surface area contributed by atoms with Crippen molar-refractivity contribution >= 4 is 34.6 Å². The van der Waals surface area contributed by atoms with Gasteiger partial charge in [0.05, 0.1) is 6.61 Å². The lowest BCUT2D eigenvalue weighted by Gasteiger charge is -2.07. The number of nitrogens with one attached hydrogen (secondary N) is 2. The van der Waals surface area contributed by atoms with E-state index in [2.05, 4.69) is 34.3 Å². The van der Waals surface area contributed by atoms with E-state index in [1.165, 1.54) is 0 Å². The predicted molar refractivity (Wildman–Crippen MR) is 91.5 cm³/mol. The summed E-state index contributed by atoms with van der Waals surface area (Å²) < 4.78 is 23.8. The monoisotopic (exact) mass is 353 g/mol. The highest BCUT2D eigenvalue weighted by Crippen LogP contribution is 2.18. The Balaban J connectivity index is 1.74. The van der Waals surface area contributed by atoms with Crippen molar-refractivity contribution in [3.63, 3.8) is 0 Å². The summed E-state index contributed by atoms with van der Waals surface area (Å²) in [5, 5.41) is 5.78. The van der Waals surface area contributed by atoms with Crippen LogP contribution >= 0.6 is 11.1 Å². The topological polar surface area (TPSA) is 172 Å². The summed E-state index contributed by atoms with van der Waals surface area (Å²) in [6.07, 6.45) is 2.20. The Bertz CT molecular complexity index is 691. The molecular weight excluding hydrogens is 334 g/mol. The molecule has 2 aromatic heterocycles. The fourth-order valence-electron chi connectivity index (χ4n) is 1.66. The molecule has 0 aromatic carbocycles. The van der Waals surface area contributed by atoms with Crippen molar-refractivity contribution in [3.8, 4) is 6.01 Å². The summed E-state index contributed by atoms with van der Waals surface area (Å²) in [7, 11) is 0. The first-order valence-corrected chi connectivity index (χ1v) is 8.26. The zero-order valence-electron chi connectivity index (χ0n) is 13.1. The van der Waals surface area contributed by atoms with Crippen LogP contribution < -0.4 is 26.8 Å². The van der Waals surface area contributed by atoms with Crippen LogP contribution in [0.3, 0.4) is 0 Å². The van der Waals surface area contributed by atoms with Crippen molar-refractivity contribution in [1.29, 1.82) is 0 Å². The van der Waals surface area contributed by atoms with Crippen LogP contribution in [0.15, 0.2) is 17.3 Å². The number of rotatable bonds is 8. The molecule has 1 atom stereocenters. The second-order valence-corrected chi connectivity index (χ2v) is 5.31. The quantitative estimate of drug-likeness (QED) is 0.222. The Hall–Kier alpha value is -2.73. The van der Waals surface area contributed by atoms with E-state index in [1.807, 2.05) is 6.92 Å². The van der Waals surface area contributed by atoms with E-state index in [1.54, 1.807) is 12.3 Å². The van der Waals surface area contributed by atoms with Gasteiger partial charge < -0.3 is 31.4 Å². The summed E-state index contributed by atoms with van der Waals surface area (Å²) in [6, 6.07) is 1.89. The standard InChI is InChI=1S/C12H19N9O2S/c1-2-15-11(14)18-8-4-6-17-12(19-8)23-7-3-5-16-10-9(13)20-24(22)21-10/h4,6H,2-3,5,7H2,1H3,(H2,13,20)(H,16,21)(H3,14,15,17,18,19). The van der Waals surface area contributed by atoms with Gasteiger partial charge in [-0.1, -0.05) is 0 Å². The molecule has 130 valence electrons. The highest BCUT2D eigenvalue weighted by atomic mass is 32.2. The van der Waals surface area contributed by atoms with Crippen molar-refractivity contribution < 1.29 is 9.29 Å². The molecule has 0 spiro atoms. The zero-order valence-corrected chi connectivity index (χ0v) is 13.9. The van der Waals surface area contributed by atoms with E-state index in [0.717, 1.165) is 0 Å². The molecule has 2 heterocycles. The summed E-state index contributed by atoms with van der Waals surface area (Å²) in [5.74, 6) is 1.25. The Morgan fingerprint density at radius 1 is 1.46 bits per heavy atom. The maximum absolute atomic E-state index is 11.0. The van der Waals surface area contributed by atoms with Gasteiger partial charge in [0, 0.05) is 28.0 Å². The smallest absolute Gasteiger partial charge is 0.318 e. The molecule has 0 fully saturated rings. The van der Waals surface area contributed by atoms with Gasteiger partial charge in [0.2, 0.25) is 11.6 Å². The fourth-order valence-corrected chi connectivity index (χ4v) is 2.27. The van der Waals surface area contributed by atoms with E-state index in [0.29, 0.717) is 37.8 Å². The van der Waals surface area contributed by atoms with Gasteiger partial charge in [-0.3, -0.25) is 4.99 Å². The summed E-state index contributed by atoms with van der Waals surface area (Å²) in [4.78, 5) is 12.2. The Morgan fingerprint density at radius 2 is 2.29 bits per heavy atom. The van der Waals surface area contributed by atoms with Crippen molar-refractivity contribution in [2.24, 2.45) is 10.7 Å². The summed E-state index contributed by atoms with van der Waals surface area (Å²) >= 11 is -1.62. The SMILES string of the molecule is CCN=C(N)Nc1ccnc(OCCCNc2n[s+]([O-])nc2N)n1. The Kier molecular flexibility index (Phi) is 6.45. The Morgan fingerprint density at radius 3 is 3.00 bits per heavy atom. The molecule has 2 rings (SSSR count). The number of aliphatic imine (C=N–C) groups is 1. The van der Waals surface area contributed by atoms with E-state index in [4.69, 9.17) is 16.2 Å². The highest BCUT2D eigenvalue weighted by Gasteiger charge is 2.11. The van der Waals surface area contributed by atoms with E-state index >= 15 is 0 Å². The average molecular weight is 353 g/mol. The molecule has 0 aliphatic rings. The molecule has 12 heteroatoms. The molecule has 2 aromatic rings. The van der Waals surface area contributed by atoms with Crippen molar-refractivity contribution in [3.05, 3.63) is 12.3 Å². The number of guanidine groups is 1. The van der Waals surface area contributed by atoms with Crippen LogP contribution in [0.4, 0.5) is 17.5 Å². The number of aromatic nitrogens is 4. The molecule has 0 aliphatic carbocycles. The lowest BCUT2D eigenvalue weighted by molar-refractivity contribution is 0.290. The predicted octanol–water partition coefficient (Wildman–Crippen LogP) is 0.204. The largest absolute Gasteiger partial charge is 0.546 e. The minimum Gasteiger partial charge on any atom is -0.546 e. The minimum absolute atomic E-state index is 0.141. The van der Waals surface area contributed by atoms with E-state index < -0.39 is 11.1 Å². The molecule has 0 radical (unpaired) electrons. The van der Waals surface area contributed by atoms with Crippen LogP contribution in [-0.4, -0.2) is 48.9 Å². The van der Waals surface area contributed by atoms with Gasteiger partial charge >= 0.3 is 6.01 Å². The zero-order chi connectivity index (χ0) is 17.4. The minimum atomic E-state index is -1.62. The third-order valence-electron chi connectivity index (χ3n) is 2.65. The number of nitrogens with zero attached hydrogens (tertiary/aromatic N) is 5. The number of hydrogen-bond donors (Lipinski definition) is 4. The van der Waals surface area contributed by atoms with E-state index in [-0.39, 0.29) is 17.8 Å². The van der Waals surface area contributed by atoms with Gasteiger partial charge in [-0.15, -0.1) is 0 Å². The van der Waals surface area contributed by atoms with Gasteiger partial charge in [0.15, 0.2) is 17.1 Å². The first-order valence-electron chi connectivity index (χ1n) is 7.20. The normalized spacial score (nSPS) is 12.1. The maximum Gasteiger partial charge on any atom is 0.318 e. The number of hydrogen-bond acceptors (Lipinski definition) is 9. The van der Waals surface area contributed by atoms with Crippen molar-refractivity contribution in [2.75, 3.05) is 36.1 Å². The van der Waals surface area contributed by atoms with E-state index in [9.17, 15) is 4.55 Å². The molecule has 0 saturated heterocycles. The molecule has 24 heavy (non-hydrogen) atoms. The molecule has 0 bridgehead atoms. The summed E-state index contributed by atoms with van der Waals surface area (Å²) in [6.45, 7) is 3.36. The highest BCUT2D eigenvalue weighted by molar-refractivity contribution is 7.14. The number of nitrogens with two attached hydrogens (primary N) is 2. The second-order valence-electron chi connectivity index (χ2n) is 4.48. The first kappa shape index (κ1) is 17.6. The van der Waals surface area contributed by atoms with Crippen LogP contribution in [0.5, 0.6) is 6.01 Å². The second kappa shape index (κ2) is 8.79. The number of ether oxygens (including phenoxy) is 1. The molecular formula is C12H19N9O2S. The lowest BCUT2D eigenvalue weighted by Crippen LogP contribution is -2.23. The molecule has 1 unspecified atom stereocenters. The summed E-state index contributed by atoms with van der Waals surface area (Å²) in [5.41, 5.74) is 11.2. The maximum atomic E-state index is 11.0. The molecule has 0 aliphatic heterocycles. The van der Waals surface area contributed by atoms with Gasteiger partial charge in [0.25, 0.3) is 0 Å². The van der Waals surface area contributed by atoms with Crippen molar-refractivity contribution in [2.45, 2.75) is 13.3 Å². The third kappa shape index (κ3) is 5.48. The molecule has 11 nitrogen and oxygen atoms in total. The molecule has 6 N–H and O–H groups in total. The Labute approximate surface area is 141 Å². The van der Waals surface area contributed by atoms with Crippen LogP contribution in [0.25, 0.3) is 0 Å². The van der Waals surface area contributed by atoms with Crippen LogP contribution in [0.2, 0.25) is 0 Å². The van der Waals surface area contributed by atoms with Crippen molar-refractivity contribution in [1.82, 2.24) is 18.7 Å². The van der Waals surface area contributed by atoms with Crippen LogP contribution in [0.1, 0.15) is 13.3 Å².